The van der Waals surface area contributed by atoms with Gasteiger partial charge < -0.3 is 37.9 Å². The number of benzene rings is 1. The summed E-state index contributed by atoms with van der Waals surface area (Å²) in [5, 5.41) is 0. The maximum absolute atomic E-state index is 12.3. The highest BCUT2D eigenvalue weighted by Crippen LogP contribution is 2.21. The molecule has 0 unspecified atom stereocenters. The standard InChI is InChI=1S/C26H39NO11/c1-22(28)38-21-20-37-19-18-36-17-16-35-15-14-34-13-12-33-11-10-32-9-8-31-7-6-27-25(29)23-4-2-3-5-24(23)26(27)30/h2-5H,6-21H2,1H3. The molecule has 12 heteroatoms. The maximum atomic E-state index is 12.3. The van der Waals surface area contributed by atoms with Crippen molar-refractivity contribution in [1.29, 1.82) is 0 Å². The van der Waals surface area contributed by atoms with Gasteiger partial charge in [-0.1, -0.05) is 12.1 Å². The van der Waals surface area contributed by atoms with Crippen molar-refractivity contribution in [1.82, 2.24) is 4.90 Å². The van der Waals surface area contributed by atoms with Gasteiger partial charge in [-0.15, -0.1) is 0 Å². The van der Waals surface area contributed by atoms with Crippen LogP contribution in [0.15, 0.2) is 24.3 Å². The van der Waals surface area contributed by atoms with Gasteiger partial charge >= 0.3 is 5.97 Å². The summed E-state index contributed by atoms with van der Waals surface area (Å²) in [5.41, 5.74) is 0.880. The molecule has 0 saturated carbocycles. The third-order valence-corrected chi connectivity index (χ3v) is 5.10. The van der Waals surface area contributed by atoms with Gasteiger partial charge in [0.25, 0.3) is 11.8 Å². The number of hydrogen-bond acceptors (Lipinski definition) is 11. The molecule has 1 aliphatic rings. The first-order chi connectivity index (χ1) is 18.6. The van der Waals surface area contributed by atoms with E-state index in [-0.39, 0.29) is 37.5 Å². The van der Waals surface area contributed by atoms with Crippen molar-refractivity contribution in [3.63, 3.8) is 0 Å². The number of hydrogen-bond donors (Lipinski definition) is 0. The molecule has 2 rings (SSSR count). The van der Waals surface area contributed by atoms with Gasteiger partial charge in [0.05, 0.1) is 110 Å². The lowest BCUT2D eigenvalue weighted by Gasteiger charge is -2.13. The molecule has 0 aromatic heterocycles. The quantitative estimate of drug-likeness (QED) is 0.105. The van der Waals surface area contributed by atoms with Crippen LogP contribution >= 0.6 is 0 Å². The van der Waals surface area contributed by atoms with Crippen LogP contribution in [0.2, 0.25) is 0 Å². The predicted molar refractivity (Wildman–Crippen MR) is 134 cm³/mol. The van der Waals surface area contributed by atoms with Crippen LogP contribution in [0.25, 0.3) is 0 Å². The Labute approximate surface area is 223 Å². The number of rotatable bonds is 24. The van der Waals surface area contributed by atoms with E-state index in [0.717, 1.165) is 0 Å². The van der Waals surface area contributed by atoms with Gasteiger partial charge in [0.15, 0.2) is 0 Å². The Balaban J connectivity index is 1.25. The van der Waals surface area contributed by atoms with Crippen molar-refractivity contribution in [3.8, 4) is 0 Å². The number of carbonyl (C=O) groups excluding carboxylic acids is 3. The average Bonchev–Trinajstić information content (AvgIpc) is 3.15. The van der Waals surface area contributed by atoms with Gasteiger partial charge in [-0.3, -0.25) is 19.3 Å². The SMILES string of the molecule is CC(=O)OCCOCCOCCOCCOCCOCCOCCOCCN1C(=O)c2ccccc2C1=O. The van der Waals surface area contributed by atoms with Crippen molar-refractivity contribution in [3.05, 3.63) is 35.4 Å². The minimum atomic E-state index is -0.318. The van der Waals surface area contributed by atoms with Crippen LogP contribution in [-0.2, 0) is 42.7 Å². The molecule has 2 amide bonds. The van der Waals surface area contributed by atoms with E-state index in [1.807, 2.05) is 0 Å². The smallest absolute Gasteiger partial charge is 0.302 e. The summed E-state index contributed by atoms with van der Waals surface area (Å²) in [6.45, 7) is 7.75. The minimum Gasteiger partial charge on any atom is -0.463 e. The molecule has 0 saturated heterocycles. The van der Waals surface area contributed by atoms with E-state index in [0.29, 0.717) is 97.0 Å². The Morgan fingerprint density at radius 3 is 1.21 bits per heavy atom. The molecule has 12 nitrogen and oxygen atoms in total. The second kappa shape index (κ2) is 20.5. The Morgan fingerprint density at radius 2 is 0.868 bits per heavy atom. The van der Waals surface area contributed by atoms with E-state index in [2.05, 4.69) is 0 Å². The van der Waals surface area contributed by atoms with Crippen LogP contribution in [0.4, 0.5) is 0 Å². The molecule has 0 bridgehead atoms. The zero-order valence-electron chi connectivity index (χ0n) is 22.1. The van der Waals surface area contributed by atoms with E-state index in [1.165, 1.54) is 11.8 Å². The first-order valence-electron chi connectivity index (χ1n) is 12.7. The van der Waals surface area contributed by atoms with Crippen LogP contribution < -0.4 is 0 Å². The van der Waals surface area contributed by atoms with E-state index in [1.54, 1.807) is 24.3 Å². The van der Waals surface area contributed by atoms with E-state index in [9.17, 15) is 14.4 Å². The Kier molecular flexibility index (Phi) is 17.1. The fourth-order valence-corrected chi connectivity index (χ4v) is 3.26. The molecular weight excluding hydrogens is 502 g/mol. The van der Waals surface area contributed by atoms with Gasteiger partial charge in [0.1, 0.15) is 6.61 Å². The molecule has 0 aliphatic carbocycles. The first-order valence-corrected chi connectivity index (χ1v) is 12.7. The Bertz CT molecular complexity index is 785. The van der Waals surface area contributed by atoms with E-state index >= 15 is 0 Å². The molecule has 1 aromatic carbocycles. The fraction of sp³-hybridized carbons (Fsp3) is 0.654. The van der Waals surface area contributed by atoms with Gasteiger partial charge in [0, 0.05) is 6.92 Å². The molecule has 0 fully saturated rings. The Morgan fingerprint density at radius 1 is 0.553 bits per heavy atom. The Hall–Kier alpha value is -2.45. The van der Waals surface area contributed by atoms with Crippen LogP contribution in [0.3, 0.4) is 0 Å². The van der Waals surface area contributed by atoms with Gasteiger partial charge in [0.2, 0.25) is 0 Å². The molecule has 214 valence electrons. The number of fused-ring (bicyclic) bond motifs is 1. The van der Waals surface area contributed by atoms with Gasteiger partial charge in [-0.25, -0.2) is 0 Å². The number of ether oxygens (including phenoxy) is 8. The highest BCUT2D eigenvalue weighted by atomic mass is 16.6. The lowest BCUT2D eigenvalue weighted by Crippen LogP contribution is -2.33. The lowest BCUT2D eigenvalue weighted by molar-refractivity contribution is -0.142. The van der Waals surface area contributed by atoms with Crippen molar-refractivity contribution < 1.29 is 52.3 Å². The molecule has 0 atom stereocenters. The molecule has 0 spiro atoms. The largest absolute Gasteiger partial charge is 0.463 e. The summed E-state index contributed by atoms with van der Waals surface area (Å²) in [6.07, 6.45) is 0. The van der Waals surface area contributed by atoms with Crippen molar-refractivity contribution in [2.24, 2.45) is 0 Å². The normalized spacial score (nSPS) is 12.8. The maximum Gasteiger partial charge on any atom is 0.302 e. The topological polar surface area (TPSA) is 128 Å². The molecule has 1 heterocycles. The van der Waals surface area contributed by atoms with Crippen LogP contribution in [-0.4, -0.2) is 128 Å². The predicted octanol–water partition coefficient (Wildman–Crippen LogP) is 0.962. The zero-order chi connectivity index (χ0) is 27.3. The summed E-state index contributed by atoms with van der Waals surface area (Å²) in [5.74, 6) is -0.878. The summed E-state index contributed by atoms with van der Waals surface area (Å²) in [7, 11) is 0. The molecule has 0 N–H and O–H groups in total. The van der Waals surface area contributed by atoms with Crippen LogP contribution in [0, 0.1) is 0 Å². The number of imide groups is 1. The third kappa shape index (κ3) is 13.4. The van der Waals surface area contributed by atoms with Gasteiger partial charge in [-0.05, 0) is 12.1 Å². The molecule has 1 aliphatic heterocycles. The number of amides is 2. The highest BCUT2D eigenvalue weighted by Gasteiger charge is 2.34. The van der Waals surface area contributed by atoms with Gasteiger partial charge in [-0.2, -0.15) is 0 Å². The van der Waals surface area contributed by atoms with Crippen molar-refractivity contribution in [2.75, 3.05) is 106 Å². The minimum absolute atomic E-state index is 0.213. The van der Waals surface area contributed by atoms with E-state index < -0.39 is 0 Å². The lowest BCUT2D eigenvalue weighted by atomic mass is 10.1. The summed E-state index contributed by atoms with van der Waals surface area (Å²) in [6, 6.07) is 6.80. The van der Waals surface area contributed by atoms with Crippen LogP contribution in [0.1, 0.15) is 27.6 Å². The molecule has 38 heavy (non-hydrogen) atoms. The molecular formula is C26H39NO11. The summed E-state index contributed by atoms with van der Waals surface area (Å²) >= 11 is 0. The highest BCUT2D eigenvalue weighted by molar-refractivity contribution is 6.21. The summed E-state index contributed by atoms with van der Waals surface area (Å²) in [4.78, 5) is 36.3. The zero-order valence-corrected chi connectivity index (χ0v) is 22.1. The number of nitrogens with zero attached hydrogens (tertiary/aromatic N) is 1. The van der Waals surface area contributed by atoms with E-state index in [4.69, 9.17) is 37.9 Å². The average molecular weight is 542 g/mol. The summed E-state index contributed by atoms with van der Waals surface area (Å²) < 4.78 is 42.5. The first kappa shape index (κ1) is 31.8. The van der Waals surface area contributed by atoms with Crippen molar-refractivity contribution in [2.45, 2.75) is 6.92 Å². The second-order valence-corrected chi connectivity index (χ2v) is 7.93. The number of carbonyl (C=O) groups is 3. The third-order valence-electron chi connectivity index (χ3n) is 5.10. The van der Waals surface area contributed by atoms with Crippen LogP contribution in [0.5, 0.6) is 0 Å². The number of esters is 1. The molecule has 1 aromatic rings. The fourth-order valence-electron chi connectivity index (χ4n) is 3.26. The molecule has 0 radical (unpaired) electrons. The monoisotopic (exact) mass is 541 g/mol. The second-order valence-electron chi connectivity index (χ2n) is 7.93. The van der Waals surface area contributed by atoms with Crippen molar-refractivity contribution >= 4 is 17.8 Å².